The van der Waals surface area contributed by atoms with Gasteiger partial charge >= 0.3 is 0 Å². The molecule has 0 radical (unpaired) electrons. The first-order chi connectivity index (χ1) is 9.50. The minimum Gasteiger partial charge on any atom is -0.508 e. The number of allylic oxidation sites excluding steroid dienone is 2. The van der Waals surface area contributed by atoms with Crippen LogP contribution in [0.25, 0.3) is 0 Å². The van der Waals surface area contributed by atoms with Crippen LogP contribution in [0.15, 0.2) is 30.4 Å². The van der Waals surface area contributed by atoms with Crippen LogP contribution in [-0.2, 0) is 9.59 Å². The molecule has 1 aromatic rings. The fourth-order valence-corrected chi connectivity index (χ4v) is 3.28. The summed E-state index contributed by atoms with van der Waals surface area (Å²) in [7, 11) is 0. The fraction of sp³-hybridized carbons (Fsp3) is 0.375. The molecule has 1 aromatic carbocycles. The first-order valence-corrected chi connectivity index (χ1v) is 6.85. The zero-order valence-corrected chi connectivity index (χ0v) is 11.5. The Balaban J connectivity index is 2.03. The molecule has 1 saturated heterocycles. The molecule has 4 nitrogen and oxygen atoms in total. The van der Waals surface area contributed by atoms with Crippen LogP contribution in [-0.4, -0.2) is 16.9 Å². The molecule has 0 spiro atoms. The van der Waals surface area contributed by atoms with Gasteiger partial charge in [0.05, 0.1) is 17.5 Å². The molecule has 1 N–H and O–H groups in total. The topological polar surface area (TPSA) is 57.6 Å². The summed E-state index contributed by atoms with van der Waals surface area (Å²) in [6.07, 6.45) is 4.64. The Morgan fingerprint density at radius 1 is 1.25 bits per heavy atom. The molecule has 3 rings (SSSR count). The van der Waals surface area contributed by atoms with Crippen LogP contribution in [0.2, 0.25) is 0 Å². The van der Waals surface area contributed by atoms with E-state index in [2.05, 4.69) is 0 Å². The molecule has 2 aliphatic rings. The van der Waals surface area contributed by atoms with Gasteiger partial charge < -0.3 is 5.11 Å². The summed E-state index contributed by atoms with van der Waals surface area (Å²) in [5.74, 6) is -0.502. The third kappa shape index (κ3) is 1.75. The third-order valence-electron chi connectivity index (χ3n) is 4.29. The second-order valence-corrected chi connectivity index (χ2v) is 5.64. The first kappa shape index (κ1) is 12.9. The number of carbonyl (C=O) groups excluding carboxylic acids is 2. The fourth-order valence-electron chi connectivity index (χ4n) is 3.28. The van der Waals surface area contributed by atoms with Gasteiger partial charge in [-0.25, -0.2) is 4.90 Å². The van der Waals surface area contributed by atoms with Crippen molar-refractivity contribution >= 4 is 17.5 Å². The quantitative estimate of drug-likeness (QED) is 0.630. The number of hydrogen-bond donors (Lipinski definition) is 1. The van der Waals surface area contributed by atoms with E-state index >= 15 is 0 Å². The lowest BCUT2D eigenvalue weighted by atomic mass is 9.78. The highest BCUT2D eigenvalue weighted by atomic mass is 16.3. The van der Waals surface area contributed by atoms with Gasteiger partial charge in [0, 0.05) is 0 Å². The van der Waals surface area contributed by atoms with E-state index in [-0.39, 0.29) is 35.3 Å². The van der Waals surface area contributed by atoms with Crippen molar-refractivity contribution in [3.63, 3.8) is 0 Å². The Kier molecular flexibility index (Phi) is 2.89. The average Bonchev–Trinajstić information content (AvgIpc) is 2.64. The van der Waals surface area contributed by atoms with Gasteiger partial charge in [0.15, 0.2) is 0 Å². The van der Waals surface area contributed by atoms with Crippen LogP contribution >= 0.6 is 0 Å². The van der Waals surface area contributed by atoms with E-state index in [1.807, 2.05) is 19.1 Å². The van der Waals surface area contributed by atoms with Gasteiger partial charge in [-0.2, -0.15) is 0 Å². The Morgan fingerprint density at radius 3 is 2.65 bits per heavy atom. The van der Waals surface area contributed by atoms with Gasteiger partial charge in [-0.15, -0.1) is 0 Å². The van der Waals surface area contributed by atoms with Crippen molar-refractivity contribution in [2.75, 3.05) is 4.90 Å². The molecule has 2 amide bonds. The van der Waals surface area contributed by atoms with E-state index in [0.29, 0.717) is 12.1 Å². The number of anilines is 1. The lowest BCUT2D eigenvalue weighted by molar-refractivity contribution is -0.122. The van der Waals surface area contributed by atoms with E-state index < -0.39 is 0 Å². The van der Waals surface area contributed by atoms with Gasteiger partial charge in [-0.3, -0.25) is 9.59 Å². The minimum absolute atomic E-state index is 0.0904. The number of phenolic OH excluding ortho intramolecular Hbond substituents is 1. The molecule has 1 aliphatic carbocycles. The van der Waals surface area contributed by atoms with E-state index in [1.54, 1.807) is 19.1 Å². The molecular weight excluding hydrogens is 254 g/mol. The molecule has 0 saturated carbocycles. The number of nitrogens with zero attached hydrogens (tertiary/aromatic N) is 1. The molecule has 0 aromatic heterocycles. The smallest absolute Gasteiger partial charge is 0.238 e. The Hall–Kier alpha value is -2.10. The van der Waals surface area contributed by atoms with Crippen molar-refractivity contribution in [1.82, 2.24) is 0 Å². The monoisotopic (exact) mass is 271 g/mol. The standard InChI is InChI=1S/C16H17NO3/c1-9-4-3-5-12-14(9)16(20)17(15(12)19)13-7-6-11(18)8-10(13)2/h3-4,6-9,12,14,18H,5H2,1-2H3. The van der Waals surface area contributed by atoms with Crippen LogP contribution in [0.5, 0.6) is 5.75 Å². The molecule has 20 heavy (non-hydrogen) atoms. The highest BCUT2D eigenvalue weighted by Crippen LogP contribution is 2.41. The number of aryl methyl sites for hydroxylation is 1. The van der Waals surface area contributed by atoms with Crippen LogP contribution < -0.4 is 4.90 Å². The van der Waals surface area contributed by atoms with Crippen molar-refractivity contribution in [2.45, 2.75) is 20.3 Å². The number of fused-ring (bicyclic) bond motifs is 1. The summed E-state index contributed by atoms with van der Waals surface area (Å²) in [4.78, 5) is 26.4. The van der Waals surface area contributed by atoms with Crippen LogP contribution in [0.4, 0.5) is 5.69 Å². The summed E-state index contributed by atoms with van der Waals surface area (Å²) >= 11 is 0. The number of aromatic hydroxyl groups is 1. The highest BCUT2D eigenvalue weighted by molar-refractivity contribution is 6.22. The lowest BCUT2D eigenvalue weighted by Crippen LogP contribution is -2.32. The molecule has 1 fully saturated rings. The molecule has 1 aliphatic heterocycles. The van der Waals surface area contributed by atoms with Crippen molar-refractivity contribution < 1.29 is 14.7 Å². The molecule has 0 bridgehead atoms. The van der Waals surface area contributed by atoms with Crippen molar-refractivity contribution in [3.8, 4) is 5.75 Å². The Bertz CT molecular complexity index is 620. The van der Waals surface area contributed by atoms with E-state index in [1.165, 1.54) is 11.0 Å². The highest BCUT2D eigenvalue weighted by Gasteiger charge is 2.50. The van der Waals surface area contributed by atoms with E-state index in [0.717, 1.165) is 5.56 Å². The number of phenols is 1. The van der Waals surface area contributed by atoms with Crippen LogP contribution in [0.1, 0.15) is 18.9 Å². The molecule has 3 unspecified atom stereocenters. The maximum atomic E-state index is 12.6. The number of imide groups is 1. The summed E-state index contributed by atoms with van der Waals surface area (Å²) < 4.78 is 0. The summed E-state index contributed by atoms with van der Waals surface area (Å²) in [5.41, 5.74) is 1.31. The largest absolute Gasteiger partial charge is 0.508 e. The molecular formula is C16H17NO3. The number of amides is 2. The van der Waals surface area contributed by atoms with Crippen molar-refractivity contribution in [2.24, 2.45) is 17.8 Å². The number of carbonyl (C=O) groups is 2. The maximum Gasteiger partial charge on any atom is 0.238 e. The first-order valence-electron chi connectivity index (χ1n) is 6.85. The van der Waals surface area contributed by atoms with Crippen LogP contribution in [0, 0.1) is 24.7 Å². The zero-order valence-electron chi connectivity index (χ0n) is 11.5. The Labute approximate surface area is 117 Å². The van der Waals surface area contributed by atoms with Gasteiger partial charge in [-0.1, -0.05) is 19.1 Å². The predicted octanol–water partition coefficient (Wildman–Crippen LogP) is 2.40. The number of rotatable bonds is 1. The average molecular weight is 271 g/mol. The normalized spacial score (nSPS) is 28.9. The predicted molar refractivity (Wildman–Crippen MR) is 75.2 cm³/mol. The van der Waals surface area contributed by atoms with Crippen LogP contribution in [0.3, 0.4) is 0 Å². The molecule has 3 atom stereocenters. The maximum absolute atomic E-state index is 12.6. The molecule has 4 heteroatoms. The van der Waals surface area contributed by atoms with Gasteiger partial charge in [0.2, 0.25) is 11.8 Å². The van der Waals surface area contributed by atoms with E-state index in [9.17, 15) is 14.7 Å². The van der Waals surface area contributed by atoms with Gasteiger partial charge in [-0.05, 0) is 43.0 Å². The Morgan fingerprint density at radius 2 is 2.00 bits per heavy atom. The molecule has 104 valence electrons. The SMILES string of the molecule is Cc1cc(O)ccc1N1C(=O)C2CC=CC(C)C2C1=O. The summed E-state index contributed by atoms with van der Waals surface area (Å²) in [6.45, 7) is 3.77. The second-order valence-electron chi connectivity index (χ2n) is 5.64. The lowest BCUT2D eigenvalue weighted by Gasteiger charge is -2.22. The van der Waals surface area contributed by atoms with Gasteiger partial charge in [0.25, 0.3) is 0 Å². The second kappa shape index (κ2) is 4.47. The summed E-state index contributed by atoms with van der Waals surface area (Å²) in [6, 6.07) is 4.71. The van der Waals surface area contributed by atoms with Gasteiger partial charge in [0.1, 0.15) is 5.75 Å². The van der Waals surface area contributed by atoms with Crippen molar-refractivity contribution in [3.05, 3.63) is 35.9 Å². The number of hydrogen-bond acceptors (Lipinski definition) is 3. The molecule has 1 heterocycles. The number of benzene rings is 1. The zero-order chi connectivity index (χ0) is 14.4. The summed E-state index contributed by atoms with van der Waals surface area (Å²) in [5, 5.41) is 9.46. The third-order valence-corrected chi connectivity index (χ3v) is 4.29. The minimum atomic E-state index is -0.249. The van der Waals surface area contributed by atoms with E-state index in [4.69, 9.17) is 0 Å². The van der Waals surface area contributed by atoms with Crippen molar-refractivity contribution in [1.29, 1.82) is 0 Å².